The summed E-state index contributed by atoms with van der Waals surface area (Å²) in [5.41, 5.74) is 3.07. The van der Waals surface area contributed by atoms with Gasteiger partial charge in [-0.25, -0.2) is 8.78 Å². The molecule has 0 radical (unpaired) electrons. The number of nitrogens with zero attached hydrogens (tertiary/aromatic N) is 2. The predicted molar refractivity (Wildman–Crippen MR) is 163 cm³/mol. The van der Waals surface area contributed by atoms with E-state index in [0.717, 1.165) is 70.1 Å². The molecule has 5 nitrogen and oxygen atoms in total. The second kappa shape index (κ2) is 19.7. The van der Waals surface area contributed by atoms with Crippen molar-refractivity contribution in [2.45, 2.75) is 79.3 Å². The molecule has 1 N–H and O–H groups in total. The van der Waals surface area contributed by atoms with Gasteiger partial charge in [0, 0.05) is 25.2 Å². The van der Waals surface area contributed by atoms with E-state index in [-0.39, 0.29) is 0 Å². The molecule has 1 amide bonds. The molecule has 2 aromatic carbocycles. The Balaban J connectivity index is 0.000000331. The van der Waals surface area contributed by atoms with Gasteiger partial charge in [-0.15, -0.1) is 0 Å². The number of likely N-dealkylation sites (tertiary alicyclic amines) is 2. The Morgan fingerprint density at radius 1 is 0.825 bits per heavy atom. The Morgan fingerprint density at radius 3 is 1.73 bits per heavy atom. The number of nitrogens with one attached hydrogen (secondary N) is 1. The van der Waals surface area contributed by atoms with Crippen LogP contribution in [0, 0.1) is 30.9 Å². The number of likely N-dealkylation sites (N-methyl/N-ethyl adjacent to an activating group) is 1. The van der Waals surface area contributed by atoms with Gasteiger partial charge in [0.05, 0.1) is 13.2 Å². The fourth-order valence-corrected chi connectivity index (χ4v) is 5.16. The number of hydrogen-bond donors (Lipinski definition) is 1. The van der Waals surface area contributed by atoms with E-state index >= 15 is 0 Å². The van der Waals surface area contributed by atoms with Crippen molar-refractivity contribution >= 4 is 6.41 Å². The third kappa shape index (κ3) is 12.4. The number of piperidine rings is 1. The summed E-state index contributed by atoms with van der Waals surface area (Å²) >= 11 is 0. The minimum atomic E-state index is -0.411. The van der Waals surface area contributed by atoms with Crippen molar-refractivity contribution in [3.63, 3.8) is 0 Å². The van der Waals surface area contributed by atoms with Crippen LogP contribution in [0.15, 0.2) is 48.5 Å². The van der Waals surface area contributed by atoms with Crippen LogP contribution in [-0.2, 0) is 9.53 Å². The van der Waals surface area contributed by atoms with Crippen LogP contribution >= 0.6 is 0 Å². The second-order valence-corrected chi connectivity index (χ2v) is 10.4. The summed E-state index contributed by atoms with van der Waals surface area (Å²) < 4.78 is 29.6. The number of ether oxygens (including phenoxy) is 1. The number of carbonyl (C=O) groups is 1. The van der Waals surface area contributed by atoms with Crippen LogP contribution in [0.5, 0.6) is 0 Å². The third-order valence-corrected chi connectivity index (χ3v) is 7.61. The SMILES string of the molecule is CC.CC.CNC1COCC(N2CCC3(CCN(C=O)C3)CC2)C1.Cc1ccc(C)cc1.Fc1ccc(F)cc1. The van der Waals surface area contributed by atoms with E-state index in [4.69, 9.17) is 4.74 Å². The zero-order chi connectivity index (χ0) is 30.0. The van der Waals surface area contributed by atoms with Crippen LogP contribution in [0.25, 0.3) is 0 Å². The average molecular weight is 562 g/mol. The number of halogens is 2. The largest absolute Gasteiger partial charge is 0.378 e. The summed E-state index contributed by atoms with van der Waals surface area (Å²) in [5, 5.41) is 3.34. The van der Waals surface area contributed by atoms with Crippen molar-refractivity contribution in [3.8, 4) is 0 Å². The molecular weight excluding hydrogens is 508 g/mol. The lowest BCUT2D eigenvalue weighted by atomic mass is 9.77. The zero-order valence-corrected chi connectivity index (χ0v) is 25.9. The lowest BCUT2D eigenvalue weighted by Crippen LogP contribution is -2.52. The fourth-order valence-electron chi connectivity index (χ4n) is 5.16. The van der Waals surface area contributed by atoms with Gasteiger partial charge in [-0.3, -0.25) is 9.69 Å². The van der Waals surface area contributed by atoms with Crippen LogP contribution in [0.2, 0.25) is 0 Å². The first-order valence-electron chi connectivity index (χ1n) is 15.0. The molecule has 2 atom stereocenters. The van der Waals surface area contributed by atoms with Crippen molar-refractivity contribution in [1.82, 2.24) is 15.1 Å². The van der Waals surface area contributed by atoms with Crippen molar-refractivity contribution in [2.24, 2.45) is 5.41 Å². The topological polar surface area (TPSA) is 44.8 Å². The normalized spacial score (nSPS) is 21.3. The van der Waals surface area contributed by atoms with E-state index in [2.05, 4.69) is 48.3 Å². The molecule has 0 bridgehead atoms. The number of amides is 1. The van der Waals surface area contributed by atoms with Crippen molar-refractivity contribution in [1.29, 1.82) is 0 Å². The Morgan fingerprint density at radius 2 is 1.30 bits per heavy atom. The van der Waals surface area contributed by atoms with Crippen LogP contribution in [0.4, 0.5) is 8.78 Å². The molecule has 2 unspecified atom stereocenters. The summed E-state index contributed by atoms with van der Waals surface area (Å²) in [6.07, 6.45) is 5.88. The van der Waals surface area contributed by atoms with E-state index in [0.29, 0.717) is 17.5 Å². The van der Waals surface area contributed by atoms with Crippen molar-refractivity contribution in [3.05, 3.63) is 71.3 Å². The number of benzene rings is 2. The Hall–Kier alpha value is -2.35. The van der Waals surface area contributed by atoms with Crippen LogP contribution in [0.3, 0.4) is 0 Å². The summed E-state index contributed by atoms with van der Waals surface area (Å²) in [6, 6.07) is 13.9. The third-order valence-electron chi connectivity index (χ3n) is 7.61. The number of rotatable bonds is 3. The molecule has 3 heterocycles. The highest BCUT2D eigenvalue weighted by atomic mass is 19.1. The molecule has 0 saturated carbocycles. The first-order valence-corrected chi connectivity index (χ1v) is 15.0. The molecule has 3 saturated heterocycles. The molecule has 5 rings (SSSR count). The van der Waals surface area contributed by atoms with Gasteiger partial charge in [0.1, 0.15) is 11.6 Å². The van der Waals surface area contributed by atoms with E-state index in [9.17, 15) is 13.6 Å². The predicted octanol–water partition coefficient (Wildman–Crippen LogP) is 6.63. The molecule has 40 heavy (non-hydrogen) atoms. The summed E-state index contributed by atoms with van der Waals surface area (Å²) in [4.78, 5) is 15.5. The number of carbonyl (C=O) groups excluding carboxylic acids is 1. The van der Waals surface area contributed by atoms with Gasteiger partial charge in [0.2, 0.25) is 6.41 Å². The average Bonchev–Trinajstić information content (AvgIpc) is 3.41. The van der Waals surface area contributed by atoms with Gasteiger partial charge in [-0.1, -0.05) is 63.1 Å². The molecule has 3 aliphatic rings. The van der Waals surface area contributed by atoms with Gasteiger partial charge in [0.25, 0.3) is 0 Å². The lowest BCUT2D eigenvalue weighted by Gasteiger charge is -2.44. The number of aryl methyl sites for hydroxylation is 2. The molecular formula is C33H53F2N3O2. The lowest BCUT2D eigenvalue weighted by molar-refractivity contribution is -0.117. The highest BCUT2D eigenvalue weighted by Gasteiger charge is 2.41. The first-order chi connectivity index (χ1) is 19.3. The van der Waals surface area contributed by atoms with Crippen LogP contribution in [0.1, 0.15) is 64.5 Å². The minimum Gasteiger partial charge on any atom is -0.378 e. The quantitative estimate of drug-likeness (QED) is 0.428. The summed E-state index contributed by atoms with van der Waals surface area (Å²) in [5.74, 6) is -0.821. The van der Waals surface area contributed by atoms with Gasteiger partial charge in [-0.05, 0) is 89.3 Å². The Bertz CT molecular complexity index is 831. The summed E-state index contributed by atoms with van der Waals surface area (Å²) in [6.45, 7) is 18.2. The van der Waals surface area contributed by atoms with Crippen LogP contribution < -0.4 is 5.32 Å². The number of hydrogen-bond acceptors (Lipinski definition) is 4. The fraction of sp³-hybridized carbons (Fsp3) is 0.606. The molecule has 0 aliphatic carbocycles. The van der Waals surface area contributed by atoms with E-state index in [1.165, 1.54) is 36.8 Å². The Labute approximate surface area is 242 Å². The molecule has 3 fully saturated rings. The van der Waals surface area contributed by atoms with E-state index in [1.54, 1.807) is 0 Å². The van der Waals surface area contributed by atoms with E-state index < -0.39 is 11.6 Å². The second-order valence-electron chi connectivity index (χ2n) is 10.4. The maximum atomic E-state index is 11.9. The van der Waals surface area contributed by atoms with E-state index in [1.807, 2.05) is 39.6 Å². The molecule has 1 spiro atoms. The molecule has 0 aromatic heterocycles. The first kappa shape index (κ1) is 35.7. The standard InChI is InChI=1S/C15H27N3O2.C8H10.C6H4F2.2C2H6/c1-16-13-8-14(10-20-9-13)18-6-3-15(4-7-18)2-5-17(11-15)12-19;1-7-3-5-8(2)6-4-7;7-5-1-2-6(8)4-3-5;2*1-2/h12-14,16H,2-11H2,1H3;3-6H,1-2H3;1-4H;2*1-2H3. The maximum Gasteiger partial charge on any atom is 0.209 e. The molecule has 3 aliphatic heterocycles. The van der Waals surface area contributed by atoms with Gasteiger partial charge >= 0.3 is 0 Å². The smallest absolute Gasteiger partial charge is 0.209 e. The van der Waals surface area contributed by atoms with Gasteiger partial charge in [0.15, 0.2) is 0 Å². The molecule has 7 heteroatoms. The van der Waals surface area contributed by atoms with Gasteiger partial charge in [-0.2, -0.15) is 0 Å². The molecule has 226 valence electrons. The minimum absolute atomic E-state index is 0.411. The summed E-state index contributed by atoms with van der Waals surface area (Å²) in [7, 11) is 2.02. The monoisotopic (exact) mass is 561 g/mol. The highest BCUT2D eigenvalue weighted by molar-refractivity contribution is 5.47. The van der Waals surface area contributed by atoms with Crippen molar-refractivity contribution < 1.29 is 18.3 Å². The molecule has 2 aromatic rings. The van der Waals surface area contributed by atoms with Gasteiger partial charge < -0.3 is 15.0 Å². The van der Waals surface area contributed by atoms with Crippen LogP contribution in [-0.4, -0.2) is 74.7 Å². The van der Waals surface area contributed by atoms with Crippen molar-refractivity contribution in [2.75, 3.05) is 46.4 Å². The highest BCUT2D eigenvalue weighted by Crippen LogP contribution is 2.40. The Kier molecular flexibility index (Phi) is 17.6. The maximum absolute atomic E-state index is 11.9. The zero-order valence-electron chi connectivity index (χ0n) is 25.9.